The van der Waals surface area contributed by atoms with E-state index in [0.29, 0.717) is 47.6 Å². The quantitative estimate of drug-likeness (QED) is 0.261. The van der Waals surface area contributed by atoms with Crippen molar-refractivity contribution < 1.29 is 23.7 Å². The normalized spacial score (nSPS) is 15.3. The number of hydrogen-bond donors (Lipinski definition) is 1. The van der Waals surface area contributed by atoms with Crippen LogP contribution in [0.25, 0.3) is 16.5 Å². The molecule has 1 fully saturated rings. The molecule has 1 N–H and O–H groups in total. The molecule has 1 saturated heterocycles. The lowest BCUT2D eigenvalue weighted by atomic mass is 10.0. The minimum Gasteiger partial charge on any atom is -0.492 e. The third-order valence-corrected chi connectivity index (χ3v) is 7.38. The third kappa shape index (κ3) is 4.13. The van der Waals surface area contributed by atoms with Gasteiger partial charge in [-0.15, -0.1) is 5.10 Å². The predicted molar refractivity (Wildman–Crippen MR) is 131 cm³/mol. The van der Waals surface area contributed by atoms with E-state index in [1.54, 1.807) is 41.3 Å². The number of carbonyl (C=O) groups is 1. The minimum atomic E-state index is -0.450. The zero-order valence-electron chi connectivity index (χ0n) is 19.3. The van der Waals surface area contributed by atoms with E-state index in [1.165, 1.54) is 40.5 Å². The molecule has 37 heavy (non-hydrogen) atoms. The zero-order valence-corrected chi connectivity index (χ0v) is 20.1. The monoisotopic (exact) mass is 520 g/mol. The van der Waals surface area contributed by atoms with Crippen LogP contribution in [0.3, 0.4) is 0 Å². The van der Waals surface area contributed by atoms with Crippen LogP contribution >= 0.6 is 11.3 Å². The molecule has 1 aliphatic rings. The number of thiazole rings is 1. The Balaban J connectivity index is 1.33. The first-order chi connectivity index (χ1) is 18.0. The van der Waals surface area contributed by atoms with Crippen molar-refractivity contribution in [2.45, 2.75) is 6.04 Å². The van der Waals surface area contributed by atoms with Crippen LogP contribution in [0.1, 0.15) is 27.0 Å². The van der Waals surface area contributed by atoms with Gasteiger partial charge in [0.25, 0.3) is 11.6 Å². The molecule has 1 amide bonds. The van der Waals surface area contributed by atoms with Gasteiger partial charge in [0, 0.05) is 38.3 Å². The SMILES string of the molecule is O=C(c1ccco1)N1CCN([C@@H](c2ccc([N+](=O)[O-])cc2)c2sc3nc(-c4ccco4)nn3c2O)CC1. The summed E-state index contributed by atoms with van der Waals surface area (Å²) in [6.07, 6.45) is 2.99. The smallest absolute Gasteiger partial charge is 0.289 e. The van der Waals surface area contributed by atoms with Crippen molar-refractivity contribution in [3.63, 3.8) is 0 Å². The van der Waals surface area contributed by atoms with Gasteiger partial charge >= 0.3 is 0 Å². The molecule has 4 aromatic heterocycles. The molecule has 0 bridgehead atoms. The maximum absolute atomic E-state index is 12.7. The van der Waals surface area contributed by atoms with Crippen LogP contribution in [0.5, 0.6) is 5.88 Å². The molecular formula is C24H20N6O6S. The van der Waals surface area contributed by atoms with E-state index >= 15 is 0 Å². The van der Waals surface area contributed by atoms with Crippen LogP contribution in [0.4, 0.5) is 5.69 Å². The number of fused-ring (bicyclic) bond motifs is 1. The van der Waals surface area contributed by atoms with Crippen LogP contribution in [-0.4, -0.2) is 66.5 Å². The molecule has 188 valence electrons. The van der Waals surface area contributed by atoms with Gasteiger partial charge in [-0.1, -0.05) is 23.5 Å². The zero-order chi connectivity index (χ0) is 25.5. The highest BCUT2D eigenvalue weighted by Crippen LogP contribution is 2.41. The number of furan rings is 2. The molecule has 0 spiro atoms. The first-order valence-electron chi connectivity index (χ1n) is 11.4. The van der Waals surface area contributed by atoms with Crippen molar-refractivity contribution in [3.05, 3.63) is 87.4 Å². The molecule has 1 aromatic carbocycles. The van der Waals surface area contributed by atoms with Gasteiger partial charge in [0.2, 0.25) is 16.7 Å². The van der Waals surface area contributed by atoms with Gasteiger partial charge in [0.05, 0.1) is 28.4 Å². The van der Waals surface area contributed by atoms with Crippen LogP contribution in [0, 0.1) is 10.1 Å². The van der Waals surface area contributed by atoms with E-state index in [0.717, 1.165) is 5.56 Å². The molecule has 0 radical (unpaired) electrons. The highest BCUT2D eigenvalue weighted by Gasteiger charge is 2.33. The number of nitro benzene ring substituents is 1. The van der Waals surface area contributed by atoms with Crippen molar-refractivity contribution in [3.8, 4) is 17.5 Å². The molecule has 1 aliphatic heterocycles. The maximum Gasteiger partial charge on any atom is 0.289 e. The molecular weight excluding hydrogens is 500 g/mol. The lowest BCUT2D eigenvalue weighted by molar-refractivity contribution is -0.384. The van der Waals surface area contributed by atoms with E-state index in [4.69, 9.17) is 8.83 Å². The highest BCUT2D eigenvalue weighted by atomic mass is 32.1. The number of amides is 1. The number of hydrogen-bond acceptors (Lipinski definition) is 10. The predicted octanol–water partition coefficient (Wildman–Crippen LogP) is 3.81. The van der Waals surface area contributed by atoms with Gasteiger partial charge in [0.15, 0.2) is 11.5 Å². The average molecular weight is 521 g/mol. The summed E-state index contributed by atoms with van der Waals surface area (Å²) in [5.41, 5.74) is 0.744. The molecule has 5 heterocycles. The summed E-state index contributed by atoms with van der Waals surface area (Å²) in [7, 11) is 0. The Hall–Kier alpha value is -4.49. The van der Waals surface area contributed by atoms with Crippen molar-refractivity contribution in [2.75, 3.05) is 26.2 Å². The van der Waals surface area contributed by atoms with Crippen LogP contribution in [-0.2, 0) is 0 Å². The first kappa shape index (κ1) is 22.9. The fourth-order valence-corrected chi connectivity index (χ4v) is 5.60. The minimum absolute atomic E-state index is 0.0219. The number of piperazine rings is 1. The summed E-state index contributed by atoms with van der Waals surface area (Å²) >= 11 is 1.28. The van der Waals surface area contributed by atoms with Crippen LogP contribution in [0.2, 0.25) is 0 Å². The van der Waals surface area contributed by atoms with Crippen molar-refractivity contribution in [1.29, 1.82) is 0 Å². The lowest BCUT2D eigenvalue weighted by Gasteiger charge is -2.38. The molecule has 1 atom stereocenters. The van der Waals surface area contributed by atoms with E-state index in [2.05, 4.69) is 15.0 Å². The Labute approximate surface area is 213 Å². The summed E-state index contributed by atoms with van der Waals surface area (Å²) in [5.74, 6) is 0.887. The Bertz CT molecular complexity index is 1550. The summed E-state index contributed by atoms with van der Waals surface area (Å²) in [6, 6.07) is 12.6. The Morgan fingerprint density at radius 3 is 2.41 bits per heavy atom. The molecule has 5 aromatic rings. The van der Waals surface area contributed by atoms with Crippen molar-refractivity contribution in [2.24, 2.45) is 0 Å². The topological polar surface area (TPSA) is 143 Å². The molecule has 0 saturated carbocycles. The first-order valence-corrected chi connectivity index (χ1v) is 12.2. The molecule has 12 nitrogen and oxygen atoms in total. The number of non-ortho nitro benzene ring substituents is 1. The molecule has 13 heteroatoms. The van der Waals surface area contributed by atoms with Gasteiger partial charge in [-0.2, -0.15) is 9.50 Å². The van der Waals surface area contributed by atoms with E-state index in [1.807, 2.05) is 0 Å². The second kappa shape index (κ2) is 9.19. The van der Waals surface area contributed by atoms with Crippen molar-refractivity contribution >= 4 is 27.9 Å². The van der Waals surface area contributed by atoms with Crippen LogP contribution in [0.15, 0.2) is 69.9 Å². The largest absolute Gasteiger partial charge is 0.492 e. The lowest BCUT2D eigenvalue weighted by Crippen LogP contribution is -2.49. The maximum atomic E-state index is 12.7. The number of rotatable bonds is 6. The fourth-order valence-electron chi connectivity index (χ4n) is 4.48. The number of carbonyl (C=O) groups excluding carboxylic acids is 1. The molecule has 0 aliphatic carbocycles. The number of nitro groups is 1. The second-order valence-corrected chi connectivity index (χ2v) is 9.46. The third-order valence-electron chi connectivity index (χ3n) is 6.31. The van der Waals surface area contributed by atoms with E-state index in [9.17, 15) is 20.0 Å². The van der Waals surface area contributed by atoms with Gasteiger partial charge in [-0.25, -0.2) is 0 Å². The van der Waals surface area contributed by atoms with Crippen LogP contribution < -0.4 is 0 Å². The van der Waals surface area contributed by atoms with Gasteiger partial charge in [-0.05, 0) is 29.8 Å². The standard InChI is InChI=1S/C24H20N6O6S/c31-22(18-4-2-14-36-18)28-11-9-27(10-12-28)19(15-5-7-16(8-6-15)30(33)34)20-23(32)29-24(37-20)25-21(26-29)17-3-1-13-35-17/h1-8,13-14,19,32H,9-12H2/t19-/m0/s1. The number of benzene rings is 1. The second-order valence-electron chi connectivity index (χ2n) is 8.45. The number of aromatic nitrogens is 3. The van der Waals surface area contributed by atoms with E-state index < -0.39 is 11.0 Å². The highest BCUT2D eigenvalue weighted by molar-refractivity contribution is 7.17. The molecule has 6 rings (SSSR count). The summed E-state index contributed by atoms with van der Waals surface area (Å²) in [5, 5.41) is 26.8. The Kier molecular flexibility index (Phi) is 5.70. The number of nitrogens with zero attached hydrogens (tertiary/aromatic N) is 6. The summed E-state index contributed by atoms with van der Waals surface area (Å²) in [6.45, 7) is 1.93. The Morgan fingerprint density at radius 2 is 1.78 bits per heavy atom. The fraction of sp³-hybridized carbons (Fsp3) is 0.208. The summed E-state index contributed by atoms with van der Waals surface area (Å²) in [4.78, 5) is 32.9. The van der Waals surface area contributed by atoms with Crippen molar-refractivity contribution in [1.82, 2.24) is 24.4 Å². The van der Waals surface area contributed by atoms with Gasteiger partial charge < -0.3 is 18.8 Å². The number of aromatic hydroxyl groups is 1. The summed E-state index contributed by atoms with van der Waals surface area (Å²) < 4.78 is 12.0. The molecule has 0 unspecified atom stereocenters. The average Bonchev–Trinajstić information content (AvgIpc) is 3.72. The van der Waals surface area contributed by atoms with E-state index in [-0.39, 0.29) is 23.2 Å². The Morgan fingerprint density at radius 1 is 1.05 bits per heavy atom. The van der Waals surface area contributed by atoms with Gasteiger partial charge in [-0.3, -0.25) is 19.8 Å². The van der Waals surface area contributed by atoms with Gasteiger partial charge in [0.1, 0.15) is 0 Å².